The van der Waals surface area contributed by atoms with Crippen LogP contribution in [0.2, 0.25) is 0 Å². The maximum Gasteiger partial charge on any atom is 0.0626 e. The van der Waals surface area contributed by atoms with Crippen LogP contribution in [0.1, 0.15) is 59.3 Å². The van der Waals surface area contributed by atoms with E-state index in [2.05, 4.69) is 168 Å². The number of hydrogen-bond acceptors (Lipinski definition) is 2. The average molecular weight is 619 g/mol. The summed E-state index contributed by atoms with van der Waals surface area (Å²) < 4.78 is 0. The van der Waals surface area contributed by atoms with Crippen LogP contribution in [0.3, 0.4) is 0 Å². The molecule has 10 rings (SSSR count). The van der Waals surface area contributed by atoms with Crippen LogP contribution in [0, 0.1) is 5.92 Å². The van der Waals surface area contributed by atoms with Gasteiger partial charge in [0.05, 0.1) is 6.04 Å². The Morgan fingerprint density at radius 2 is 1.58 bits per heavy atom. The van der Waals surface area contributed by atoms with Gasteiger partial charge in [0.2, 0.25) is 0 Å². The first-order chi connectivity index (χ1) is 23.8. The largest absolute Gasteiger partial charge is 0.355 e. The fraction of sp³-hybridized carbons (Fsp3) is 0.174. The van der Waals surface area contributed by atoms with Gasteiger partial charge in [0.25, 0.3) is 0 Å². The van der Waals surface area contributed by atoms with Gasteiger partial charge >= 0.3 is 0 Å². The molecule has 1 aliphatic heterocycles. The lowest BCUT2D eigenvalue weighted by Gasteiger charge is -2.35. The number of hydrogen-bond donors (Lipinski definition) is 1. The van der Waals surface area contributed by atoms with Crippen molar-refractivity contribution in [2.24, 2.45) is 5.92 Å². The third-order valence-electron chi connectivity index (χ3n) is 11.5. The summed E-state index contributed by atoms with van der Waals surface area (Å²) in [6.07, 6.45) is 29.3. The maximum absolute atomic E-state index is 3.93. The van der Waals surface area contributed by atoms with Crippen molar-refractivity contribution >= 4 is 34.8 Å². The van der Waals surface area contributed by atoms with E-state index in [9.17, 15) is 0 Å². The van der Waals surface area contributed by atoms with Gasteiger partial charge in [-0.2, -0.15) is 0 Å². The number of anilines is 3. The van der Waals surface area contributed by atoms with Crippen molar-refractivity contribution in [3.8, 4) is 0 Å². The number of nitrogens with one attached hydrogen (secondary N) is 1. The molecule has 2 nitrogen and oxygen atoms in total. The van der Waals surface area contributed by atoms with Crippen LogP contribution in [0.5, 0.6) is 0 Å². The van der Waals surface area contributed by atoms with E-state index in [1.807, 2.05) is 0 Å². The predicted octanol–water partition coefficient (Wildman–Crippen LogP) is 9.55. The highest BCUT2D eigenvalue weighted by Crippen LogP contribution is 2.50. The van der Waals surface area contributed by atoms with Crippen LogP contribution in [0.15, 0.2) is 157 Å². The second-order valence-electron chi connectivity index (χ2n) is 14.0. The molecule has 4 aromatic carbocycles. The minimum Gasteiger partial charge on any atom is -0.355 e. The number of fused-ring (bicyclic) bond motifs is 8. The van der Waals surface area contributed by atoms with Crippen molar-refractivity contribution in [1.82, 2.24) is 0 Å². The molecule has 0 spiro atoms. The SMILES string of the molecule is C1=CCC2CCC(N3c4ccc(Nc5ccccc5C5C=c6ccccc6=C6C=Cc7ccccc7C65)cc4C4C=CC=CC43)=CC2=C1. The molecule has 0 saturated heterocycles. The topological polar surface area (TPSA) is 15.3 Å². The molecule has 1 heterocycles. The van der Waals surface area contributed by atoms with Crippen molar-refractivity contribution in [2.75, 3.05) is 10.2 Å². The molecule has 4 aromatic rings. The van der Waals surface area contributed by atoms with Crippen molar-refractivity contribution < 1.29 is 0 Å². The fourth-order valence-electron chi connectivity index (χ4n) is 9.24. The van der Waals surface area contributed by atoms with E-state index in [-0.39, 0.29) is 11.8 Å². The second-order valence-corrected chi connectivity index (χ2v) is 14.0. The average Bonchev–Trinajstić information content (AvgIpc) is 3.48. The van der Waals surface area contributed by atoms with Gasteiger partial charge in [-0.15, -0.1) is 0 Å². The van der Waals surface area contributed by atoms with Gasteiger partial charge in [0, 0.05) is 40.5 Å². The van der Waals surface area contributed by atoms with Gasteiger partial charge in [-0.3, -0.25) is 0 Å². The third-order valence-corrected chi connectivity index (χ3v) is 11.5. The Kier molecular flexibility index (Phi) is 6.43. The van der Waals surface area contributed by atoms with Crippen LogP contribution >= 0.6 is 0 Å². The lowest BCUT2D eigenvalue weighted by Crippen LogP contribution is -2.35. The van der Waals surface area contributed by atoms with Crippen LogP contribution in [0.25, 0.3) is 17.7 Å². The Morgan fingerprint density at radius 1 is 0.729 bits per heavy atom. The molecule has 0 amide bonds. The lowest BCUT2D eigenvalue weighted by molar-refractivity contribution is 0.539. The Morgan fingerprint density at radius 3 is 2.56 bits per heavy atom. The quantitative estimate of drug-likeness (QED) is 0.245. The summed E-state index contributed by atoms with van der Waals surface area (Å²) in [7, 11) is 0. The third kappa shape index (κ3) is 4.39. The first kappa shape index (κ1) is 27.7. The summed E-state index contributed by atoms with van der Waals surface area (Å²) in [5.74, 6) is 1.48. The molecule has 2 heteroatoms. The molecule has 0 fully saturated rings. The van der Waals surface area contributed by atoms with E-state index in [0.29, 0.717) is 17.9 Å². The fourth-order valence-corrected chi connectivity index (χ4v) is 9.24. The first-order valence-electron chi connectivity index (χ1n) is 17.6. The van der Waals surface area contributed by atoms with E-state index in [1.54, 1.807) is 0 Å². The zero-order valence-electron chi connectivity index (χ0n) is 27.0. The van der Waals surface area contributed by atoms with E-state index in [0.717, 1.165) is 12.1 Å². The van der Waals surface area contributed by atoms with Crippen molar-refractivity contribution in [1.29, 1.82) is 0 Å². The predicted molar refractivity (Wildman–Crippen MR) is 201 cm³/mol. The Labute approximate surface area is 282 Å². The molecule has 5 unspecified atom stereocenters. The Hall–Kier alpha value is -5.34. The zero-order valence-corrected chi connectivity index (χ0v) is 27.0. The number of rotatable bonds is 4. The highest BCUT2D eigenvalue weighted by molar-refractivity contribution is 5.83. The standard InChI is InChI=1S/C46H38N2/c1-2-13-32-27-35(24-21-30(32)11-1)48-44-20-10-8-18-39(44)41-29-34(23-26-45(41)48)47-43-19-9-7-17-38(43)42-28-33-14-4-5-15-36(33)40-25-22-31-12-3-6-16-37(31)46(40)42/h1-10,12-20,22-23,25-30,39,42,44,46-47H,11,21,24H2. The molecular weight excluding hydrogens is 581 g/mol. The summed E-state index contributed by atoms with van der Waals surface area (Å²) in [6.45, 7) is 0. The van der Waals surface area contributed by atoms with E-state index < -0.39 is 0 Å². The molecule has 6 aliphatic rings. The lowest BCUT2D eigenvalue weighted by atomic mass is 9.69. The molecule has 5 aliphatic carbocycles. The van der Waals surface area contributed by atoms with Crippen LogP contribution in [-0.4, -0.2) is 6.04 Å². The molecular formula is C46H38N2. The molecule has 0 bridgehead atoms. The van der Waals surface area contributed by atoms with Crippen LogP contribution in [-0.2, 0) is 0 Å². The second kappa shape index (κ2) is 11.1. The number of para-hydroxylation sites is 1. The van der Waals surface area contributed by atoms with E-state index in [1.165, 1.54) is 73.8 Å². The monoisotopic (exact) mass is 618 g/mol. The minimum absolute atomic E-state index is 0.205. The number of benzene rings is 4. The summed E-state index contributed by atoms with van der Waals surface area (Å²) in [4.78, 5) is 2.63. The first-order valence-corrected chi connectivity index (χ1v) is 17.6. The molecule has 0 aromatic heterocycles. The maximum atomic E-state index is 3.93. The molecule has 0 saturated carbocycles. The summed E-state index contributed by atoms with van der Waals surface area (Å²) in [5.41, 5.74) is 13.5. The molecule has 232 valence electrons. The molecule has 0 radical (unpaired) electrons. The molecule has 5 atom stereocenters. The van der Waals surface area contributed by atoms with Crippen LogP contribution < -0.4 is 20.7 Å². The highest BCUT2D eigenvalue weighted by atomic mass is 15.2. The van der Waals surface area contributed by atoms with E-state index >= 15 is 0 Å². The normalized spacial score (nSPS) is 25.5. The Bertz CT molecular complexity index is 2290. The summed E-state index contributed by atoms with van der Waals surface area (Å²) in [5, 5.41) is 6.60. The molecule has 48 heavy (non-hydrogen) atoms. The Balaban J connectivity index is 1.04. The smallest absolute Gasteiger partial charge is 0.0626 e. The zero-order chi connectivity index (χ0) is 31.6. The van der Waals surface area contributed by atoms with Crippen LogP contribution in [0.4, 0.5) is 17.1 Å². The highest BCUT2D eigenvalue weighted by Gasteiger charge is 2.39. The van der Waals surface area contributed by atoms with Crippen molar-refractivity contribution in [3.63, 3.8) is 0 Å². The van der Waals surface area contributed by atoms with Gasteiger partial charge in [0.15, 0.2) is 0 Å². The summed E-state index contributed by atoms with van der Waals surface area (Å²) in [6, 6.07) is 34.2. The van der Waals surface area contributed by atoms with Crippen molar-refractivity contribution in [2.45, 2.75) is 43.1 Å². The van der Waals surface area contributed by atoms with Crippen molar-refractivity contribution in [3.05, 3.63) is 190 Å². The van der Waals surface area contributed by atoms with Gasteiger partial charge in [-0.1, -0.05) is 127 Å². The van der Waals surface area contributed by atoms with Gasteiger partial charge in [-0.25, -0.2) is 0 Å². The molecule has 1 N–H and O–H groups in total. The number of allylic oxidation sites excluding steroid dienone is 9. The number of nitrogens with zero attached hydrogens (tertiary/aromatic N) is 1. The minimum atomic E-state index is 0.205. The van der Waals surface area contributed by atoms with Gasteiger partial charge < -0.3 is 10.2 Å². The van der Waals surface area contributed by atoms with Gasteiger partial charge in [0.1, 0.15) is 0 Å². The van der Waals surface area contributed by atoms with E-state index in [4.69, 9.17) is 0 Å². The summed E-state index contributed by atoms with van der Waals surface area (Å²) >= 11 is 0. The van der Waals surface area contributed by atoms with Gasteiger partial charge in [-0.05, 0) is 99.4 Å².